The van der Waals surface area contributed by atoms with Crippen molar-refractivity contribution in [3.63, 3.8) is 0 Å². The number of aliphatic hydroxyl groups excluding tert-OH is 1. The maximum absolute atomic E-state index is 12.5. The Labute approximate surface area is 164 Å². The molecule has 0 aromatic heterocycles. The van der Waals surface area contributed by atoms with Gasteiger partial charge in [-0.25, -0.2) is 0 Å². The van der Waals surface area contributed by atoms with E-state index in [4.69, 9.17) is 14.6 Å². The molecular formula is C19H27N3O6. The molecule has 0 saturated carbocycles. The summed E-state index contributed by atoms with van der Waals surface area (Å²) in [5.41, 5.74) is 0.612. The van der Waals surface area contributed by atoms with Crippen molar-refractivity contribution in [2.75, 3.05) is 32.3 Å². The van der Waals surface area contributed by atoms with Crippen molar-refractivity contribution in [2.24, 2.45) is 5.92 Å². The molecule has 3 unspecified atom stereocenters. The summed E-state index contributed by atoms with van der Waals surface area (Å²) in [4.78, 5) is 38.4. The van der Waals surface area contributed by atoms with Crippen LogP contribution in [0.4, 0.5) is 5.69 Å². The molecule has 3 atom stereocenters. The molecule has 1 aliphatic heterocycles. The van der Waals surface area contributed by atoms with E-state index in [9.17, 15) is 14.4 Å². The van der Waals surface area contributed by atoms with Crippen LogP contribution in [0.5, 0.6) is 11.5 Å². The number of hydrogen-bond acceptors (Lipinski definition) is 6. The Hall–Kier alpha value is -2.81. The molecule has 28 heavy (non-hydrogen) atoms. The molecule has 2 rings (SSSR count). The lowest BCUT2D eigenvalue weighted by molar-refractivity contribution is -0.131. The van der Waals surface area contributed by atoms with Crippen molar-refractivity contribution >= 4 is 23.4 Å². The standard InChI is InChI=1S/C19H27N3O6/c1-11(10-23)20-18(25)12(2)21-19(26)13-7-17(24)22(9-13)14-5-6-15(27-3)16(8-14)28-4/h5-6,8,11-13,23H,7,9-10H2,1-4H3,(H,20,25)(H,21,26). The van der Waals surface area contributed by atoms with E-state index in [1.54, 1.807) is 32.0 Å². The Morgan fingerprint density at radius 3 is 2.50 bits per heavy atom. The highest BCUT2D eigenvalue weighted by molar-refractivity contribution is 6.01. The highest BCUT2D eigenvalue weighted by Crippen LogP contribution is 2.34. The molecule has 0 spiro atoms. The lowest BCUT2D eigenvalue weighted by atomic mass is 10.1. The van der Waals surface area contributed by atoms with Gasteiger partial charge in [0.15, 0.2) is 11.5 Å². The molecule has 9 heteroatoms. The first-order valence-corrected chi connectivity index (χ1v) is 9.04. The van der Waals surface area contributed by atoms with Gasteiger partial charge in [0, 0.05) is 30.8 Å². The van der Waals surface area contributed by atoms with Gasteiger partial charge < -0.3 is 30.1 Å². The molecule has 1 aromatic rings. The van der Waals surface area contributed by atoms with Crippen LogP contribution in [0.1, 0.15) is 20.3 Å². The number of nitrogens with one attached hydrogen (secondary N) is 2. The number of benzene rings is 1. The Morgan fingerprint density at radius 2 is 1.89 bits per heavy atom. The van der Waals surface area contributed by atoms with Gasteiger partial charge in [-0.2, -0.15) is 0 Å². The van der Waals surface area contributed by atoms with Crippen LogP contribution in [0.2, 0.25) is 0 Å². The molecule has 0 bridgehead atoms. The molecular weight excluding hydrogens is 366 g/mol. The first kappa shape index (κ1) is 21.5. The van der Waals surface area contributed by atoms with Crippen LogP contribution >= 0.6 is 0 Å². The molecule has 3 N–H and O–H groups in total. The first-order chi connectivity index (χ1) is 13.3. The van der Waals surface area contributed by atoms with E-state index in [0.717, 1.165) is 0 Å². The minimum atomic E-state index is -0.772. The van der Waals surface area contributed by atoms with Crippen molar-refractivity contribution in [3.8, 4) is 11.5 Å². The molecule has 1 aromatic carbocycles. The maximum atomic E-state index is 12.5. The number of methoxy groups -OCH3 is 2. The van der Waals surface area contributed by atoms with Crippen LogP contribution in [0.15, 0.2) is 18.2 Å². The van der Waals surface area contributed by atoms with Gasteiger partial charge in [-0.05, 0) is 26.0 Å². The average Bonchev–Trinajstić information content (AvgIpc) is 3.08. The van der Waals surface area contributed by atoms with E-state index in [-0.39, 0.29) is 31.4 Å². The Morgan fingerprint density at radius 1 is 1.21 bits per heavy atom. The van der Waals surface area contributed by atoms with E-state index < -0.39 is 23.9 Å². The van der Waals surface area contributed by atoms with Crippen LogP contribution < -0.4 is 25.0 Å². The maximum Gasteiger partial charge on any atom is 0.242 e. The molecule has 3 amide bonds. The zero-order valence-corrected chi connectivity index (χ0v) is 16.5. The van der Waals surface area contributed by atoms with Crippen LogP contribution in [0.3, 0.4) is 0 Å². The number of carbonyl (C=O) groups is 3. The Bertz CT molecular complexity index is 738. The fraction of sp³-hybridized carbons (Fsp3) is 0.526. The Kier molecular flexibility index (Phi) is 7.22. The fourth-order valence-corrected chi connectivity index (χ4v) is 2.94. The quantitative estimate of drug-likeness (QED) is 0.575. The average molecular weight is 393 g/mol. The minimum Gasteiger partial charge on any atom is -0.493 e. The van der Waals surface area contributed by atoms with Crippen molar-refractivity contribution in [3.05, 3.63) is 18.2 Å². The first-order valence-electron chi connectivity index (χ1n) is 9.04. The van der Waals surface area contributed by atoms with Gasteiger partial charge in [0.1, 0.15) is 6.04 Å². The molecule has 1 aliphatic rings. The second kappa shape index (κ2) is 9.41. The van der Waals surface area contributed by atoms with Gasteiger partial charge in [-0.1, -0.05) is 0 Å². The van der Waals surface area contributed by atoms with E-state index >= 15 is 0 Å². The third-order valence-electron chi connectivity index (χ3n) is 4.59. The summed E-state index contributed by atoms with van der Waals surface area (Å²) in [6, 6.07) is 3.94. The molecule has 9 nitrogen and oxygen atoms in total. The summed E-state index contributed by atoms with van der Waals surface area (Å²) in [6.07, 6.45) is 0.0571. The lowest BCUT2D eigenvalue weighted by Crippen LogP contribution is -2.49. The van der Waals surface area contributed by atoms with Gasteiger partial charge in [0.25, 0.3) is 0 Å². The smallest absolute Gasteiger partial charge is 0.242 e. The molecule has 0 aliphatic carbocycles. The predicted molar refractivity (Wildman–Crippen MR) is 102 cm³/mol. The van der Waals surface area contributed by atoms with Crippen LogP contribution in [0.25, 0.3) is 0 Å². The third-order valence-corrected chi connectivity index (χ3v) is 4.59. The summed E-state index contributed by atoms with van der Waals surface area (Å²) in [7, 11) is 3.03. The molecule has 1 saturated heterocycles. The summed E-state index contributed by atoms with van der Waals surface area (Å²) in [5, 5.41) is 14.2. The van der Waals surface area contributed by atoms with Crippen LogP contribution in [0, 0.1) is 5.92 Å². The van der Waals surface area contributed by atoms with E-state index in [0.29, 0.717) is 17.2 Å². The number of rotatable bonds is 8. The second-order valence-corrected chi connectivity index (χ2v) is 6.77. The number of aliphatic hydroxyl groups is 1. The molecule has 1 fully saturated rings. The number of anilines is 1. The number of amides is 3. The lowest BCUT2D eigenvalue weighted by Gasteiger charge is -2.20. The topological polar surface area (TPSA) is 117 Å². The molecule has 154 valence electrons. The van der Waals surface area contributed by atoms with Crippen molar-refractivity contribution in [1.82, 2.24) is 10.6 Å². The summed E-state index contributed by atoms with van der Waals surface area (Å²) in [6.45, 7) is 3.23. The van der Waals surface area contributed by atoms with E-state index in [2.05, 4.69) is 10.6 Å². The van der Waals surface area contributed by atoms with Crippen LogP contribution in [-0.2, 0) is 14.4 Å². The normalized spacial score (nSPS) is 18.4. The van der Waals surface area contributed by atoms with Crippen molar-refractivity contribution in [2.45, 2.75) is 32.4 Å². The highest BCUT2D eigenvalue weighted by atomic mass is 16.5. The van der Waals surface area contributed by atoms with E-state index in [1.165, 1.54) is 19.1 Å². The van der Waals surface area contributed by atoms with Gasteiger partial charge in [-0.15, -0.1) is 0 Å². The van der Waals surface area contributed by atoms with Crippen molar-refractivity contribution in [1.29, 1.82) is 0 Å². The zero-order valence-electron chi connectivity index (χ0n) is 16.5. The SMILES string of the molecule is COc1ccc(N2CC(C(=O)NC(C)C(=O)NC(C)CO)CC2=O)cc1OC. The van der Waals surface area contributed by atoms with E-state index in [1.807, 2.05) is 0 Å². The Balaban J connectivity index is 2.02. The van der Waals surface area contributed by atoms with Gasteiger partial charge in [0.2, 0.25) is 17.7 Å². The number of nitrogens with zero attached hydrogens (tertiary/aromatic N) is 1. The zero-order chi connectivity index (χ0) is 20.8. The summed E-state index contributed by atoms with van der Waals surface area (Å²) >= 11 is 0. The minimum absolute atomic E-state index is 0.0571. The monoisotopic (exact) mass is 393 g/mol. The second-order valence-electron chi connectivity index (χ2n) is 6.77. The fourth-order valence-electron chi connectivity index (χ4n) is 2.94. The largest absolute Gasteiger partial charge is 0.493 e. The number of hydrogen-bond donors (Lipinski definition) is 3. The summed E-state index contributed by atoms with van der Waals surface area (Å²) < 4.78 is 10.5. The van der Waals surface area contributed by atoms with Gasteiger partial charge >= 0.3 is 0 Å². The highest BCUT2D eigenvalue weighted by Gasteiger charge is 2.36. The number of carbonyl (C=O) groups excluding carboxylic acids is 3. The van der Waals surface area contributed by atoms with Gasteiger partial charge in [-0.3, -0.25) is 14.4 Å². The van der Waals surface area contributed by atoms with Crippen LogP contribution in [-0.4, -0.2) is 62.3 Å². The molecule has 0 radical (unpaired) electrons. The predicted octanol–water partition coefficient (Wildman–Crippen LogP) is 0.0584. The van der Waals surface area contributed by atoms with Crippen molar-refractivity contribution < 1.29 is 29.0 Å². The third kappa shape index (κ3) is 4.92. The summed E-state index contributed by atoms with van der Waals surface area (Å²) in [5.74, 6) is -0.468. The number of ether oxygens (including phenoxy) is 2. The molecule has 1 heterocycles. The van der Waals surface area contributed by atoms with Gasteiger partial charge in [0.05, 0.1) is 26.7 Å².